The van der Waals surface area contributed by atoms with Gasteiger partial charge in [-0.3, -0.25) is 4.79 Å². The number of ether oxygens (including phenoxy) is 1. The Kier molecular flexibility index (Phi) is 9.48. The Labute approximate surface area is 121 Å². The first-order valence-electron chi connectivity index (χ1n) is 6.28. The lowest BCUT2D eigenvalue weighted by Gasteiger charge is -2.03. The van der Waals surface area contributed by atoms with E-state index in [1.807, 2.05) is 0 Å². The molecular weight excluding hydrogens is 281 g/mol. The number of halogens is 1. The minimum atomic E-state index is -0.933. The summed E-state index contributed by atoms with van der Waals surface area (Å²) in [7, 11) is 0. The number of amides is 1. The number of aliphatic carboxylic acids is 1. The molecule has 21 heavy (non-hydrogen) atoms. The van der Waals surface area contributed by atoms with E-state index in [2.05, 4.69) is 4.74 Å². The Bertz CT molecular complexity index is 440. The van der Waals surface area contributed by atoms with Crippen molar-refractivity contribution in [1.82, 2.24) is 0 Å². The minimum absolute atomic E-state index is 0.235. The zero-order chi connectivity index (χ0) is 16.3. The molecule has 0 unspecified atom stereocenters. The molecular formula is C13H20FN3O4. The van der Waals surface area contributed by atoms with Crippen LogP contribution in [0.1, 0.15) is 19.3 Å². The molecule has 0 fully saturated rings. The van der Waals surface area contributed by atoms with E-state index in [0.29, 0.717) is 13.0 Å². The molecule has 0 bridgehead atoms. The molecule has 1 rings (SSSR count). The van der Waals surface area contributed by atoms with Crippen molar-refractivity contribution in [3.8, 4) is 5.75 Å². The van der Waals surface area contributed by atoms with E-state index in [9.17, 15) is 14.0 Å². The maximum absolute atomic E-state index is 12.3. The fourth-order valence-electron chi connectivity index (χ4n) is 1.25. The lowest BCUT2D eigenvalue weighted by molar-refractivity contribution is -0.138. The molecule has 0 aliphatic carbocycles. The average molecular weight is 301 g/mol. The van der Waals surface area contributed by atoms with Gasteiger partial charge < -0.3 is 27.0 Å². The number of carboxylic acids is 1. The van der Waals surface area contributed by atoms with Crippen molar-refractivity contribution in [3.05, 3.63) is 30.1 Å². The van der Waals surface area contributed by atoms with Crippen molar-refractivity contribution < 1.29 is 23.8 Å². The summed E-state index contributed by atoms with van der Waals surface area (Å²) < 4.78 is 16.7. The molecule has 0 aromatic heterocycles. The quantitative estimate of drug-likeness (QED) is 0.573. The second-order valence-corrected chi connectivity index (χ2v) is 4.10. The van der Waals surface area contributed by atoms with E-state index in [1.54, 1.807) is 0 Å². The molecule has 0 spiro atoms. The highest BCUT2D eigenvalue weighted by Gasteiger charge is 2.09. The van der Waals surface area contributed by atoms with Crippen LogP contribution in [0.5, 0.6) is 5.75 Å². The van der Waals surface area contributed by atoms with Gasteiger partial charge in [-0.2, -0.15) is 0 Å². The van der Waals surface area contributed by atoms with Crippen molar-refractivity contribution >= 4 is 12.1 Å². The summed E-state index contributed by atoms with van der Waals surface area (Å²) in [5, 5.41) is 8.33. The van der Waals surface area contributed by atoms with Crippen molar-refractivity contribution in [1.29, 1.82) is 0 Å². The smallest absolute Gasteiger partial charge is 0.409 e. The second kappa shape index (κ2) is 10.6. The van der Waals surface area contributed by atoms with Gasteiger partial charge in [0.15, 0.2) is 0 Å². The van der Waals surface area contributed by atoms with Crippen LogP contribution in [-0.4, -0.2) is 29.8 Å². The predicted octanol–water partition coefficient (Wildman–Crippen LogP) is 0.811. The summed E-state index contributed by atoms with van der Waals surface area (Å²) in [6, 6.07) is 4.28. The highest BCUT2D eigenvalue weighted by atomic mass is 19.1. The topological polar surface area (TPSA) is 142 Å². The summed E-state index contributed by atoms with van der Waals surface area (Å²) >= 11 is 0. The van der Waals surface area contributed by atoms with Gasteiger partial charge in [0, 0.05) is 0 Å². The summed E-state index contributed by atoms with van der Waals surface area (Å²) in [5.41, 5.74) is 15.1. The van der Waals surface area contributed by atoms with Gasteiger partial charge in [-0.15, -0.1) is 0 Å². The molecule has 0 saturated heterocycles. The van der Waals surface area contributed by atoms with Crippen LogP contribution in [0.2, 0.25) is 0 Å². The Hall–Kier alpha value is -2.19. The molecule has 0 heterocycles. The minimum Gasteiger partial charge on any atom is -0.480 e. The van der Waals surface area contributed by atoms with Crippen molar-refractivity contribution in [3.63, 3.8) is 0 Å². The number of unbranched alkanes of at least 4 members (excludes halogenated alkanes) is 1. The molecule has 0 aliphatic rings. The highest BCUT2D eigenvalue weighted by molar-refractivity contribution is 5.72. The Balaban J connectivity index is 0.000000384. The first kappa shape index (κ1) is 18.8. The maximum Gasteiger partial charge on any atom is 0.409 e. The van der Waals surface area contributed by atoms with E-state index in [0.717, 1.165) is 12.8 Å². The third kappa shape index (κ3) is 10.3. The Morgan fingerprint density at radius 1 is 1.24 bits per heavy atom. The maximum atomic E-state index is 12.3. The summed E-state index contributed by atoms with van der Waals surface area (Å²) in [4.78, 5) is 20.3. The average Bonchev–Trinajstić information content (AvgIpc) is 2.41. The number of carbonyl (C=O) groups excluding carboxylic acids is 1. The van der Waals surface area contributed by atoms with E-state index in [-0.39, 0.29) is 11.6 Å². The Morgan fingerprint density at radius 3 is 2.24 bits per heavy atom. The van der Waals surface area contributed by atoms with Crippen LogP contribution in [0.15, 0.2) is 24.3 Å². The summed E-state index contributed by atoms with van der Waals surface area (Å²) in [6.45, 7) is 0.604. The van der Waals surface area contributed by atoms with Crippen LogP contribution in [0.25, 0.3) is 0 Å². The largest absolute Gasteiger partial charge is 0.480 e. The summed E-state index contributed by atoms with van der Waals surface area (Å²) in [6.07, 6.45) is 1.26. The van der Waals surface area contributed by atoms with Crippen LogP contribution >= 0.6 is 0 Å². The van der Waals surface area contributed by atoms with Crippen molar-refractivity contribution in [2.75, 3.05) is 6.54 Å². The number of nitrogens with two attached hydrogens (primary N) is 3. The zero-order valence-corrected chi connectivity index (χ0v) is 11.5. The van der Waals surface area contributed by atoms with Gasteiger partial charge >= 0.3 is 12.1 Å². The number of carbonyl (C=O) groups is 2. The monoisotopic (exact) mass is 301 g/mol. The van der Waals surface area contributed by atoms with Gasteiger partial charge in [-0.25, -0.2) is 9.18 Å². The van der Waals surface area contributed by atoms with Crippen molar-refractivity contribution in [2.45, 2.75) is 25.3 Å². The van der Waals surface area contributed by atoms with Gasteiger partial charge in [-0.1, -0.05) is 6.42 Å². The van der Waals surface area contributed by atoms with Crippen LogP contribution in [0, 0.1) is 5.82 Å². The molecule has 0 aliphatic heterocycles. The molecule has 8 heteroatoms. The lowest BCUT2D eigenvalue weighted by Crippen LogP contribution is -2.29. The fourth-order valence-corrected chi connectivity index (χ4v) is 1.25. The number of carboxylic acid groups (broad SMARTS) is 1. The normalized spacial score (nSPS) is 11.0. The van der Waals surface area contributed by atoms with E-state index in [4.69, 9.17) is 22.3 Å². The molecule has 118 valence electrons. The molecule has 7 nitrogen and oxygen atoms in total. The standard InChI is InChI=1S/C7H6FNO2.C6H14N2O2/c8-5-1-3-6(4-2-5)11-7(9)10;7-4-2-1-3-5(8)6(9)10/h1-4H,(H2,9,10);5H,1-4,7-8H2,(H,9,10)/t;5-/m.0/s1. The van der Waals surface area contributed by atoms with Crippen LogP contribution in [0.3, 0.4) is 0 Å². The third-order valence-corrected chi connectivity index (χ3v) is 2.32. The van der Waals surface area contributed by atoms with Crippen LogP contribution in [-0.2, 0) is 4.79 Å². The first-order chi connectivity index (χ1) is 9.86. The number of hydrogen-bond acceptors (Lipinski definition) is 5. The predicted molar refractivity (Wildman–Crippen MR) is 75.1 cm³/mol. The van der Waals surface area contributed by atoms with E-state index >= 15 is 0 Å². The highest BCUT2D eigenvalue weighted by Crippen LogP contribution is 2.10. The molecule has 1 aromatic rings. The van der Waals surface area contributed by atoms with Gasteiger partial charge in [-0.05, 0) is 43.7 Å². The first-order valence-corrected chi connectivity index (χ1v) is 6.28. The molecule has 1 atom stereocenters. The van der Waals surface area contributed by atoms with Crippen LogP contribution in [0.4, 0.5) is 9.18 Å². The number of hydrogen-bond donors (Lipinski definition) is 4. The number of rotatable bonds is 6. The molecule has 0 saturated carbocycles. The van der Waals surface area contributed by atoms with Gasteiger partial charge in [0.05, 0.1) is 0 Å². The Morgan fingerprint density at radius 2 is 1.81 bits per heavy atom. The summed E-state index contributed by atoms with van der Waals surface area (Å²) in [5.74, 6) is -1.09. The van der Waals surface area contributed by atoms with E-state index in [1.165, 1.54) is 24.3 Å². The molecule has 1 amide bonds. The number of benzene rings is 1. The SMILES string of the molecule is NC(=O)Oc1ccc(F)cc1.NCCCC[C@H](N)C(=O)O. The second-order valence-electron chi connectivity index (χ2n) is 4.10. The molecule has 1 aromatic carbocycles. The third-order valence-electron chi connectivity index (χ3n) is 2.32. The molecule has 7 N–H and O–H groups in total. The number of primary amides is 1. The van der Waals surface area contributed by atoms with E-state index < -0.39 is 18.1 Å². The fraction of sp³-hybridized carbons (Fsp3) is 0.385. The zero-order valence-electron chi connectivity index (χ0n) is 11.5. The lowest BCUT2D eigenvalue weighted by atomic mass is 10.1. The van der Waals surface area contributed by atoms with Crippen molar-refractivity contribution in [2.24, 2.45) is 17.2 Å². The molecule has 0 radical (unpaired) electrons. The van der Waals surface area contributed by atoms with Gasteiger partial charge in [0.2, 0.25) is 0 Å². The van der Waals surface area contributed by atoms with Gasteiger partial charge in [0.1, 0.15) is 17.6 Å². The van der Waals surface area contributed by atoms with Crippen LogP contribution < -0.4 is 21.9 Å². The van der Waals surface area contributed by atoms with Gasteiger partial charge in [0.25, 0.3) is 0 Å².